The van der Waals surface area contributed by atoms with E-state index in [1.807, 2.05) is 36.6 Å². The van der Waals surface area contributed by atoms with Gasteiger partial charge in [0.1, 0.15) is 6.10 Å². The van der Waals surface area contributed by atoms with E-state index in [0.29, 0.717) is 17.7 Å². The standard InChI is InChI=1S/C18H24N2O4/c1-4-24-18(23)13-5-7-14(8-6-13)20-11(2)9-15(12(20)3)17(22)16(21)10-19/h5-9,16-17,21-22H,4,10,19H2,1-3H3. The van der Waals surface area contributed by atoms with E-state index in [9.17, 15) is 15.0 Å². The number of aliphatic hydroxyl groups excluding tert-OH is 2. The number of aliphatic hydroxyl groups is 2. The molecule has 0 radical (unpaired) electrons. The molecule has 6 heteroatoms. The topological polar surface area (TPSA) is 97.7 Å². The smallest absolute Gasteiger partial charge is 0.338 e. The molecule has 1 aromatic heterocycles. The first-order valence-corrected chi connectivity index (χ1v) is 7.93. The highest BCUT2D eigenvalue weighted by Crippen LogP contribution is 2.27. The number of aromatic nitrogens is 1. The summed E-state index contributed by atoms with van der Waals surface area (Å²) in [4.78, 5) is 11.7. The van der Waals surface area contributed by atoms with Crippen LogP contribution in [0.15, 0.2) is 30.3 Å². The Morgan fingerprint density at radius 2 is 1.88 bits per heavy atom. The van der Waals surface area contributed by atoms with Crippen LogP contribution in [-0.4, -0.2) is 40.0 Å². The van der Waals surface area contributed by atoms with Crippen LogP contribution in [-0.2, 0) is 4.74 Å². The van der Waals surface area contributed by atoms with Crippen LogP contribution >= 0.6 is 0 Å². The number of carbonyl (C=O) groups excluding carboxylic acids is 1. The Balaban J connectivity index is 2.36. The van der Waals surface area contributed by atoms with Crippen molar-refractivity contribution in [3.8, 4) is 5.69 Å². The average molecular weight is 332 g/mol. The molecule has 24 heavy (non-hydrogen) atoms. The molecule has 0 aliphatic carbocycles. The third-order valence-electron chi connectivity index (χ3n) is 4.03. The summed E-state index contributed by atoms with van der Waals surface area (Å²) in [5, 5.41) is 20.0. The summed E-state index contributed by atoms with van der Waals surface area (Å²) in [5.41, 5.74) is 9.14. The minimum absolute atomic E-state index is 0.0148. The molecule has 2 atom stereocenters. The number of rotatable bonds is 6. The van der Waals surface area contributed by atoms with E-state index >= 15 is 0 Å². The average Bonchev–Trinajstić information content (AvgIpc) is 2.88. The number of carbonyl (C=O) groups is 1. The molecule has 4 N–H and O–H groups in total. The van der Waals surface area contributed by atoms with Gasteiger partial charge in [-0.3, -0.25) is 0 Å². The Hall–Kier alpha value is -2.15. The van der Waals surface area contributed by atoms with Crippen molar-refractivity contribution in [1.29, 1.82) is 0 Å². The fourth-order valence-electron chi connectivity index (χ4n) is 2.78. The SMILES string of the molecule is CCOC(=O)c1ccc(-n2c(C)cc(C(O)C(O)CN)c2C)cc1. The quantitative estimate of drug-likeness (QED) is 0.698. The molecule has 2 rings (SSSR count). The Morgan fingerprint density at radius 3 is 2.42 bits per heavy atom. The van der Waals surface area contributed by atoms with Crippen LogP contribution < -0.4 is 5.73 Å². The van der Waals surface area contributed by atoms with Crippen molar-refractivity contribution < 1.29 is 19.7 Å². The number of hydrogen-bond donors (Lipinski definition) is 3. The molecular formula is C18H24N2O4. The maximum Gasteiger partial charge on any atom is 0.338 e. The molecule has 0 aliphatic rings. The molecule has 0 saturated heterocycles. The second-order valence-corrected chi connectivity index (χ2v) is 5.68. The number of esters is 1. The van der Waals surface area contributed by atoms with Gasteiger partial charge in [0.25, 0.3) is 0 Å². The Morgan fingerprint density at radius 1 is 1.25 bits per heavy atom. The lowest BCUT2D eigenvalue weighted by atomic mass is 10.1. The summed E-state index contributed by atoms with van der Waals surface area (Å²) in [7, 11) is 0. The molecule has 1 heterocycles. The second kappa shape index (κ2) is 7.61. The number of benzene rings is 1. The molecule has 0 saturated carbocycles. The molecule has 2 aromatic rings. The largest absolute Gasteiger partial charge is 0.462 e. The first-order valence-electron chi connectivity index (χ1n) is 7.93. The van der Waals surface area contributed by atoms with Crippen molar-refractivity contribution in [3.63, 3.8) is 0 Å². The zero-order valence-electron chi connectivity index (χ0n) is 14.2. The number of ether oxygens (including phenoxy) is 1. The Bertz CT molecular complexity index is 707. The predicted octanol–water partition coefficient (Wildman–Crippen LogP) is 1.62. The lowest BCUT2D eigenvalue weighted by molar-refractivity contribution is 0.0240. The molecule has 2 unspecified atom stereocenters. The van der Waals surface area contributed by atoms with E-state index in [1.54, 1.807) is 19.1 Å². The van der Waals surface area contributed by atoms with Crippen molar-refractivity contribution in [2.75, 3.05) is 13.2 Å². The van der Waals surface area contributed by atoms with Crippen LogP contribution in [0, 0.1) is 13.8 Å². The summed E-state index contributed by atoms with van der Waals surface area (Å²) < 4.78 is 6.93. The third-order valence-corrected chi connectivity index (χ3v) is 4.03. The van der Waals surface area contributed by atoms with Crippen LogP contribution in [0.5, 0.6) is 0 Å². The van der Waals surface area contributed by atoms with E-state index in [1.165, 1.54) is 0 Å². The maximum absolute atomic E-state index is 11.7. The zero-order chi connectivity index (χ0) is 17.9. The highest BCUT2D eigenvalue weighted by molar-refractivity contribution is 5.89. The van der Waals surface area contributed by atoms with E-state index in [2.05, 4.69) is 0 Å². The predicted molar refractivity (Wildman–Crippen MR) is 91.2 cm³/mol. The molecule has 6 nitrogen and oxygen atoms in total. The zero-order valence-corrected chi connectivity index (χ0v) is 14.2. The lowest BCUT2D eigenvalue weighted by Crippen LogP contribution is -2.27. The van der Waals surface area contributed by atoms with Gasteiger partial charge in [-0.25, -0.2) is 4.79 Å². The van der Waals surface area contributed by atoms with Crippen molar-refractivity contribution in [1.82, 2.24) is 4.57 Å². The fourth-order valence-corrected chi connectivity index (χ4v) is 2.78. The van der Waals surface area contributed by atoms with Crippen molar-refractivity contribution in [3.05, 3.63) is 52.8 Å². The van der Waals surface area contributed by atoms with Crippen molar-refractivity contribution >= 4 is 5.97 Å². The molecule has 130 valence electrons. The fraction of sp³-hybridized carbons (Fsp3) is 0.389. The summed E-state index contributed by atoms with van der Waals surface area (Å²) in [5.74, 6) is -0.354. The van der Waals surface area contributed by atoms with Gasteiger partial charge < -0.3 is 25.3 Å². The summed E-state index contributed by atoms with van der Waals surface area (Å²) in [6, 6.07) is 8.88. The first-order chi connectivity index (χ1) is 11.4. The second-order valence-electron chi connectivity index (χ2n) is 5.68. The normalized spacial score (nSPS) is 13.6. The minimum atomic E-state index is -1.03. The number of nitrogens with two attached hydrogens (primary N) is 1. The van der Waals surface area contributed by atoms with E-state index < -0.39 is 12.2 Å². The minimum Gasteiger partial charge on any atom is -0.462 e. The number of nitrogens with zero attached hydrogens (tertiary/aromatic N) is 1. The molecule has 1 aromatic carbocycles. The van der Waals surface area contributed by atoms with Crippen LogP contribution in [0.3, 0.4) is 0 Å². The van der Waals surface area contributed by atoms with Gasteiger partial charge in [0.05, 0.1) is 18.3 Å². The van der Waals surface area contributed by atoms with Crippen LogP contribution in [0.25, 0.3) is 5.69 Å². The Labute approximate surface area is 141 Å². The highest BCUT2D eigenvalue weighted by Gasteiger charge is 2.22. The molecule has 0 fully saturated rings. The molecule has 0 amide bonds. The molecule has 0 spiro atoms. The number of aryl methyl sites for hydroxylation is 1. The highest BCUT2D eigenvalue weighted by atomic mass is 16.5. The van der Waals surface area contributed by atoms with E-state index in [4.69, 9.17) is 10.5 Å². The first kappa shape index (κ1) is 18.2. The van der Waals surface area contributed by atoms with Crippen LogP contribution in [0.1, 0.15) is 40.3 Å². The monoisotopic (exact) mass is 332 g/mol. The van der Waals surface area contributed by atoms with Gasteiger partial charge in [-0.05, 0) is 51.1 Å². The van der Waals surface area contributed by atoms with Gasteiger partial charge in [0.15, 0.2) is 0 Å². The van der Waals surface area contributed by atoms with E-state index in [-0.39, 0.29) is 12.5 Å². The maximum atomic E-state index is 11.7. The molecule has 0 bridgehead atoms. The van der Waals surface area contributed by atoms with Gasteiger partial charge >= 0.3 is 5.97 Å². The third kappa shape index (κ3) is 3.51. The van der Waals surface area contributed by atoms with Gasteiger partial charge in [0, 0.05) is 29.2 Å². The van der Waals surface area contributed by atoms with Crippen molar-refractivity contribution in [2.45, 2.75) is 33.0 Å². The molecular weight excluding hydrogens is 308 g/mol. The van der Waals surface area contributed by atoms with Crippen LogP contribution in [0.2, 0.25) is 0 Å². The Kier molecular flexibility index (Phi) is 5.77. The van der Waals surface area contributed by atoms with Crippen molar-refractivity contribution in [2.24, 2.45) is 5.73 Å². The summed E-state index contributed by atoms with van der Waals surface area (Å²) in [6.45, 7) is 5.87. The number of hydrogen-bond acceptors (Lipinski definition) is 5. The lowest BCUT2D eigenvalue weighted by Gasteiger charge is -2.17. The molecule has 0 aliphatic heterocycles. The van der Waals surface area contributed by atoms with Gasteiger partial charge in [0.2, 0.25) is 0 Å². The van der Waals surface area contributed by atoms with Gasteiger partial charge in [-0.1, -0.05) is 0 Å². The van der Waals surface area contributed by atoms with Gasteiger partial charge in [-0.15, -0.1) is 0 Å². The van der Waals surface area contributed by atoms with E-state index in [0.717, 1.165) is 17.1 Å². The summed E-state index contributed by atoms with van der Waals surface area (Å²) in [6.07, 6.45) is -2.04. The summed E-state index contributed by atoms with van der Waals surface area (Å²) >= 11 is 0. The van der Waals surface area contributed by atoms with Gasteiger partial charge in [-0.2, -0.15) is 0 Å². The van der Waals surface area contributed by atoms with Crippen LogP contribution in [0.4, 0.5) is 0 Å².